The third kappa shape index (κ3) is 7.60. The van der Waals surface area contributed by atoms with Crippen LogP contribution in [0.2, 0.25) is 0 Å². The Labute approximate surface area is 146 Å². The van der Waals surface area contributed by atoms with E-state index in [9.17, 15) is 19.5 Å². The van der Waals surface area contributed by atoms with Crippen LogP contribution in [0.1, 0.15) is 50.4 Å². The van der Waals surface area contributed by atoms with Gasteiger partial charge in [0.25, 0.3) is 0 Å². The van der Waals surface area contributed by atoms with Gasteiger partial charge in [-0.05, 0) is 40.0 Å². The second kappa shape index (κ2) is 8.96. The Kier molecular flexibility index (Phi) is 7.29. The SMILES string of the molecule is CC(C)(C)OC(=O)N[C@@H](CCCC(=N)C(=O)c1ccccc1)C(=O)O. The Morgan fingerprint density at radius 1 is 1.20 bits per heavy atom. The number of alkyl carbamates (subject to hydrolysis) is 1. The summed E-state index contributed by atoms with van der Waals surface area (Å²) in [6.07, 6.45) is -0.299. The summed E-state index contributed by atoms with van der Waals surface area (Å²) in [5.41, 5.74) is -0.390. The van der Waals surface area contributed by atoms with Crippen molar-refractivity contribution in [3.05, 3.63) is 35.9 Å². The lowest BCUT2D eigenvalue weighted by Crippen LogP contribution is -2.43. The van der Waals surface area contributed by atoms with Crippen molar-refractivity contribution in [3.8, 4) is 0 Å². The Balaban J connectivity index is 2.50. The summed E-state index contributed by atoms with van der Waals surface area (Å²) in [4.78, 5) is 35.0. The number of aliphatic carboxylic acids is 1. The first-order valence-corrected chi connectivity index (χ1v) is 7.99. The minimum atomic E-state index is -1.19. The number of hydrogen-bond acceptors (Lipinski definition) is 5. The fraction of sp³-hybridized carbons (Fsp3) is 0.444. The quantitative estimate of drug-likeness (QED) is 0.493. The van der Waals surface area contributed by atoms with Gasteiger partial charge in [-0.1, -0.05) is 30.3 Å². The zero-order valence-corrected chi connectivity index (χ0v) is 14.7. The van der Waals surface area contributed by atoms with Gasteiger partial charge in [0.15, 0.2) is 0 Å². The van der Waals surface area contributed by atoms with E-state index in [2.05, 4.69) is 5.32 Å². The summed E-state index contributed by atoms with van der Waals surface area (Å²) in [5, 5.41) is 19.3. The fourth-order valence-electron chi connectivity index (χ4n) is 2.07. The van der Waals surface area contributed by atoms with Crippen LogP contribution in [-0.4, -0.2) is 40.3 Å². The van der Waals surface area contributed by atoms with Gasteiger partial charge in [-0.25, -0.2) is 9.59 Å². The van der Waals surface area contributed by atoms with E-state index in [1.807, 2.05) is 0 Å². The van der Waals surface area contributed by atoms with Crippen LogP contribution in [0.4, 0.5) is 4.79 Å². The van der Waals surface area contributed by atoms with Gasteiger partial charge < -0.3 is 20.6 Å². The van der Waals surface area contributed by atoms with Crippen LogP contribution in [0.25, 0.3) is 0 Å². The average molecular weight is 348 g/mol. The molecule has 136 valence electrons. The minimum absolute atomic E-state index is 0.0902. The topological polar surface area (TPSA) is 117 Å². The van der Waals surface area contributed by atoms with Crippen molar-refractivity contribution in [2.45, 2.75) is 51.7 Å². The maximum absolute atomic E-state index is 12.1. The molecule has 0 fully saturated rings. The number of carboxylic acids is 1. The molecule has 7 heteroatoms. The maximum atomic E-state index is 12.1. The molecule has 0 saturated heterocycles. The van der Waals surface area contributed by atoms with Gasteiger partial charge in [-0.15, -0.1) is 0 Å². The number of carboxylic acid groups (broad SMARTS) is 1. The van der Waals surface area contributed by atoms with Gasteiger partial charge in [-0.3, -0.25) is 4.79 Å². The number of carbonyl (C=O) groups excluding carboxylic acids is 2. The Morgan fingerprint density at radius 2 is 1.80 bits per heavy atom. The van der Waals surface area contributed by atoms with E-state index in [0.29, 0.717) is 5.56 Å². The lowest BCUT2D eigenvalue weighted by Gasteiger charge is -2.22. The van der Waals surface area contributed by atoms with Crippen molar-refractivity contribution in [2.24, 2.45) is 0 Å². The first-order chi connectivity index (χ1) is 11.6. The highest BCUT2D eigenvalue weighted by atomic mass is 16.6. The smallest absolute Gasteiger partial charge is 0.408 e. The van der Waals surface area contributed by atoms with Crippen LogP contribution >= 0.6 is 0 Å². The van der Waals surface area contributed by atoms with E-state index in [-0.39, 0.29) is 30.8 Å². The summed E-state index contributed by atoms with van der Waals surface area (Å²) >= 11 is 0. The van der Waals surface area contributed by atoms with Gasteiger partial charge in [0.05, 0.1) is 5.71 Å². The standard InChI is InChI=1S/C18H24N2O5/c1-18(2,3)25-17(24)20-14(16(22)23)11-7-10-13(19)15(21)12-8-5-4-6-9-12/h4-6,8-9,14,19H,7,10-11H2,1-3H3,(H,20,24)(H,22,23)/t14-/m0/s1. The lowest BCUT2D eigenvalue weighted by atomic mass is 10.0. The molecule has 1 amide bonds. The molecule has 0 spiro atoms. The minimum Gasteiger partial charge on any atom is -0.480 e. The molecule has 1 aromatic rings. The van der Waals surface area contributed by atoms with E-state index in [0.717, 1.165) is 0 Å². The highest BCUT2D eigenvalue weighted by Crippen LogP contribution is 2.10. The second-order valence-electron chi connectivity index (χ2n) is 6.60. The number of hydrogen-bond donors (Lipinski definition) is 3. The number of ketones is 1. The van der Waals surface area contributed by atoms with E-state index < -0.39 is 23.7 Å². The Bertz CT molecular complexity index is 635. The van der Waals surface area contributed by atoms with Crippen molar-refractivity contribution in [1.82, 2.24) is 5.32 Å². The molecule has 0 radical (unpaired) electrons. The van der Waals surface area contributed by atoms with Crippen LogP contribution in [0.15, 0.2) is 30.3 Å². The van der Waals surface area contributed by atoms with E-state index in [4.69, 9.17) is 10.1 Å². The van der Waals surface area contributed by atoms with Crippen molar-refractivity contribution >= 4 is 23.6 Å². The highest BCUT2D eigenvalue weighted by Gasteiger charge is 2.24. The van der Waals surface area contributed by atoms with Gasteiger partial charge in [0.2, 0.25) is 5.78 Å². The number of nitrogens with one attached hydrogen (secondary N) is 2. The number of ether oxygens (including phenoxy) is 1. The number of carbonyl (C=O) groups is 3. The van der Waals surface area contributed by atoms with Gasteiger partial charge >= 0.3 is 12.1 Å². The summed E-state index contributed by atoms with van der Waals surface area (Å²) in [7, 11) is 0. The van der Waals surface area contributed by atoms with Crippen LogP contribution in [0, 0.1) is 5.41 Å². The van der Waals surface area contributed by atoms with E-state index in [1.54, 1.807) is 51.1 Å². The molecule has 0 heterocycles. The van der Waals surface area contributed by atoms with Gasteiger partial charge in [-0.2, -0.15) is 0 Å². The van der Waals surface area contributed by atoms with Crippen LogP contribution in [0.5, 0.6) is 0 Å². The van der Waals surface area contributed by atoms with Crippen LogP contribution in [0.3, 0.4) is 0 Å². The summed E-state index contributed by atoms with van der Waals surface area (Å²) < 4.78 is 5.03. The molecule has 7 nitrogen and oxygen atoms in total. The molecule has 0 aliphatic carbocycles. The third-order valence-electron chi connectivity index (χ3n) is 3.22. The lowest BCUT2D eigenvalue weighted by molar-refractivity contribution is -0.139. The largest absolute Gasteiger partial charge is 0.480 e. The van der Waals surface area contributed by atoms with Crippen molar-refractivity contribution < 1.29 is 24.2 Å². The van der Waals surface area contributed by atoms with Crippen LogP contribution < -0.4 is 5.32 Å². The molecule has 1 atom stereocenters. The maximum Gasteiger partial charge on any atom is 0.408 e. The molecule has 1 rings (SSSR count). The zero-order chi connectivity index (χ0) is 19.0. The number of rotatable bonds is 8. The zero-order valence-electron chi connectivity index (χ0n) is 14.7. The molecule has 1 aromatic carbocycles. The molecule has 25 heavy (non-hydrogen) atoms. The van der Waals surface area contributed by atoms with Crippen molar-refractivity contribution in [1.29, 1.82) is 5.41 Å². The summed E-state index contributed by atoms with van der Waals surface area (Å²) in [6.45, 7) is 5.04. The summed E-state index contributed by atoms with van der Waals surface area (Å²) in [5.74, 6) is -1.57. The monoisotopic (exact) mass is 348 g/mol. The predicted octanol–water partition coefficient (Wildman–Crippen LogP) is 3.04. The van der Waals surface area contributed by atoms with E-state index >= 15 is 0 Å². The predicted molar refractivity (Wildman–Crippen MR) is 93.1 cm³/mol. The normalized spacial score (nSPS) is 12.1. The number of Topliss-reactive ketones (excluding diaryl/α,β-unsaturated/α-hetero) is 1. The van der Waals surface area contributed by atoms with Gasteiger partial charge in [0.1, 0.15) is 11.6 Å². The van der Waals surface area contributed by atoms with Crippen LogP contribution in [-0.2, 0) is 9.53 Å². The molecule has 3 N–H and O–H groups in total. The summed E-state index contributed by atoms with van der Waals surface area (Å²) in [6, 6.07) is 7.33. The fourth-order valence-corrected chi connectivity index (χ4v) is 2.07. The van der Waals surface area contributed by atoms with E-state index in [1.165, 1.54) is 0 Å². The Morgan fingerprint density at radius 3 is 2.32 bits per heavy atom. The molecule has 0 saturated carbocycles. The Hall–Kier alpha value is -2.70. The molecular weight excluding hydrogens is 324 g/mol. The third-order valence-corrected chi connectivity index (χ3v) is 3.22. The molecule has 0 unspecified atom stereocenters. The molecule has 0 aliphatic heterocycles. The highest BCUT2D eigenvalue weighted by molar-refractivity contribution is 6.44. The molecular formula is C18H24N2O5. The average Bonchev–Trinajstić information content (AvgIpc) is 2.52. The first-order valence-electron chi connectivity index (χ1n) is 7.99. The number of amides is 1. The molecule has 0 aromatic heterocycles. The van der Waals surface area contributed by atoms with Crippen molar-refractivity contribution in [2.75, 3.05) is 0 Å². The second-order valence-corrected chi connectivity index (χ2v) is 6.60. The molecule has 0 aliphatic rings. The molecule has 0 bridgehead atoms. The first kappa shape index (κ1) is 20.3. The number of benzene rings is 1. The van der Waals surface area contributed by atoms with Gasteiger partial charge in [0, 0.05) is 5.56 Å². The van der Waals surface area contributed by atoms with Crippen molar-refractivity contribution in [3.63, 3.8) is 0 Å².